The maximum Gasteiger partial charge on any atom is 0.306 e. The van der Waals surface area contributed by atoms with Gasteiger partial charge in [0.2, 0.25) is 5.91 Å². The molecule has 2 rings (SSSR count). The highest BCUT2D eigenvalue weighted by Gasteiger charge is 2.15. The topological polar surface area (TPSA) is 73.9 Å². The van der Waals surface area contributed by atoms with Crippen molar-refractivity contribution in [2.45, 2.75) is 31.8 Å². The van der Waals surface area contributed by atoms with Crippen molar-refractivity contribution in [1.29, 1.82) is 0 Å². The Morgan fingerprint density at radius 2 is 2.05 bits per heavy atom. The van der Waals surface area contributed by atoms with Gasteiger partial charge in [-0.25, -0.2) is 0 Å². The number of nitrogens with one attached hydrogen (secondary N) is 1. The number of anilines is 1. The van der Waals surface area contributed by atoms with E-state index in [1.807, 2.05) is 0 Å². The molecule has 1 amide bonds. The van der Waals surface area contributed by atoms with E-state index in [2.05, 4.69) is 10.1 Å². The van der Waals surface area contributed by atoms with E-state index in [-0.39, 0.29) is 24.9 Å². The molecule has 1 unspecified atom stereocenters. The van der Waals surface area contributed by atoms with Gasteiger partial charge in [0.15, 0.2) is 0 Å². The summed E-state index contributed by atoms with van der Waals surface area (Å²) in [7, 11) is 1.30. The molecule has 6 nitrogen and oxygen atoms in total. The Balaban J connectivity index is 1.73. The van der Waals surface area contributed by atoms with Gasteiger partial charge in [-0.3, -0.25) is 9.59 Å². The lowest BCUT2D eigenvalue weighted by atomic mass is 10.2. The van der Waals surface area contributed by atoms with Crippen molar-refractivity contribution in [3.8, 4) is 5.75 Å². The lowest BCUT2D eigenvalue weighted by Gasteiger charge is -2.12. The van der Waals surface area contributed by atoms with Crippen LogP contribution in [0.5, 0.6) is 5.75 Å². The third kappa shape index (κ3) is 5.37. The minimum Gasteiger partial charge on any atom is -0.491 e. The molecule has 1 heterocycles. The average molecular weight is 307 g/mol. The van der Waals surface area contributed by atoms with E-state index in [0.717, 1.165) is 25.2 Å². The Labute approximate surface area is 129 Å². The first kappa shape index (κ1) is 16.3. The number of hydrogen-bond acceptors (Lipinski definition) is 5. The van der Waals surface area contributed by atoms with Crippen LogP contribution < -0.4 is 10.1 Å². The molecule has 1 aliphatic rings. The summed E-state index contributed by atoms with van der Waals surface area (Å²) in [5.41, 5.74) is 0.666. The highest BCUT2D eigenvalue weighted by atomic mass is 16.5. The van der Waals surface area contributed by atoms with Crippen LogP contribution in [0.15, 0.2) is 24.3 Å². The first-order valence-electron chi connectivity index (χ1n) is 7.38. The molecule has 0 radical (unpaired) electrons. The fourth-order valence-corrected chi connectivity index (χ4v) is 2.14. The summed E-state index contributed by atoms with van der Waals surface area (Å²) in [6.07, 6.45) is 2.48. The predicted octanol–water partition coefficient (Wildman–Crippen LogP) is 2.14. The van der Waals surface area contributed by atoms with Crippen molar-refractivity contribution >= 4 is 17.6 Å². The molecule has 0 spiro atoms. The molecule has 1 aromatic carbocycles. The number of methoxy groups -OCH3 is 1. The van der Waals surface area contributed by atoms with Gasteiger partial charge in [0.1, 0.15) is 12.4 Å². The second kappa shape index (κ2) is 8.38. The summed E-state index contributed by atoms with van der Waals surface area (Å²) in [6, 6.07) is 7.12. The van der Waals surface area contributed by atoms with Crippen molar-refractivity contribution < 1.29 is 23.8 Å². The maximum absolute atomic E-state index is 11.7. The Hall–Kier alpha value is -2.08. The highest BCUT2D eigenvalue weighted by Crippen LogP contribution is 2.18. The molecule has 1 aromatic rings. The monoisotopic (exact) mass is 307 g/mol. The first-order valence-corrected chi connectivity index (χ1v) is 7.38. The molecule has 22 heavy (non-hydrogen) atoms. The van der Waals surface area contributed by atoms with Crippen molar-refractivity contribution in [3.63, 3.8) is 0 Å². The van der Waals surface area contributed by atoms with Crippen LogP contribution in [0.25, 0.3) is 0 Å². The molecule has 1 aliphatic heterocycles. The maximum atomic E-state index is 11.7. The summed E-state index contributed by atoms with van der Waals surface area (Å²) in [5.74, 6) is 0.120. The largest absolute Gasteiger partial charge is 0.491 e. The quantitative estimate of drug-likeness (QED) is 0.781. The second-order valence-corrected chi connectivity index (χ2v) is 5.09. The number of carbonyl (C=O) groups is 2. The number of amides is 1. The molecule has 0 aliphatic carbocycles. The first-order chi connectivity index (χ1) is 10.7. The van der Waals surface area contributed by atoms with Gasteiger partial charge in [0, 0.05) is 18.7 Å². The third-order valence-electron chi connectivity index (χ3n) is 3.38. The van der Waals surface area contributed by atoms with Crippen LogP contribution in [0.3, 0.4) is 0 Å². The van der Waals surface area contributed by atoms with E-state index in [1.54, 1.807) is 24.3 Å². The predicted molar refractivity (Wildman–Crippen MR) is 80.8 cm³/mol. The molecule has 1 atom stereocenters. The fraction of sp³-hybridized carbons (Fsp3) is 0.500. The summed E-state index contributed by atoms with van der Waals surface area (Å²) in [4.78, 5) is 22.6. The summed E-state index contributed by atoms with van der Waals surface area (Å²) < 4.78 is 15.6. The van der Waals surface area contributed by atoms with Gasteiger partial charge in [0.25, 0.3) is 0 Å². The molecule has 0 bridgehead atoms. The van der Waals surface area contributed by atoms with Crippen LogP contribution in [0, 0.1) is 0 Å². The lowest BCUT2D eigenvalue weighted by Crippen LogP contribution is -2.16. The summed E-state index contributed by atoms with van der Waals surface area (Å²) >= 11 is 0. The zero-order valence-electron chi connectivity index (χ0n) is 12.7. The van der Waals surface area contributed by atoms with Crippen LogP contribution in [0.2, 0.25) is 0 Å². The minimum absolute atomic E-state index is 0.0743. The van der Waals surface area contributed by atoms with Crippen LogP contribution in [0.4, 0.5) is 5.69 Å². The molecule has 6 heteroatoms. The molecular weight excluding hydrogens is 286 g/mol. The van der Waals surface area contributed by atoms with Gasteiger partial charge in [-0.15, -0.1) is 0 Å². The summed E-state index contributed by atoms with van der Waals surface area (Å²) in [5, 5.41) is 2.72. The lowest BCUT2D eigenvalue weighted by molar-refractivity contribution is -0.141. The molecule has 1 fully saturated rings. The number of ether oxygens (including phenoxy) is 3. The Kier molecular flexibility index (Phi) is 6.21. The number of carbonyl (C=O) groups excluding carboxylic acids is 2. The SMILES string of the molecule is COC(=O)CCC(=O)Nc1ccc(OCC2CCCO2)cc1. The Morgan fingerprint density at radius 1 is 1.27 bits per heavy atom. The summed E-state index contributed by atoms with van der Waals surface area (Å²) in [6.45, 7) is 1.36. The van der Waals surface area contributed by atoms with Crippen LogP contribution in [0.1, 0.15) is 25.7 Å². The smallest absolute Gasteiger partial charge is 0.306 e. The van der Waals surface area contributed by atoms with Gasteiger partial charge < -0.3 is 19.5 Å². The van der Waals surface area contributed by atoms with Gasteiger partial charge >= 0.3 is 5.97 Å². The van der Waals surface area contributed by atoms with Crippen molar-refractivity contribution in [1.82, 2.24) is 0 Å². The zero-order valence-corrected chi connectivity index (χ0v) is 12.7. The van der Waals surface area contributed by atoms with Gasteiger partial charge in [-0.2, -0.15) is 0 Å². The van der Waals surface area contributed by atoms with E-state index >= 15 is 0 Å². The molecule has 1 N–H and O–H groups in total. The van der Waals surface area contributed by atoms with Crippen LogP contribution in [-0.4, -0.2) is 38.3 Å². The minimum atomic E-state index is -0.395. The van der Waals surface area contributed by atoms with E-state index in [4.69, 9.17) is 9.47 Å². The molecule has 1 saturated heterocycles. The number of rotatable bonds is 7. The van der Waals surface area contributed by atoms with Crippen molar-refractivity contribution in [2.24, 2.45) is 0 Å². The second-order valence-electron chi connectivity index (χ2n) is 5.09. The van der Waals surface area contributed by atoms with Crippen LogP contribution in [-0.2, 0) is 19.1 Å². The zero-order chi connectivity index (χ0) is 15.8. The van der Waals surface area contributed by atoms with E-state index in [0.29, 0.717) is 12.3 Å². The molecular formula is C16H21NO5. The van der Waals surface area contributed by atoms with Gasteiger partial charge in [0.05, 0.1) is 19.6 Å². The van der Waals surface area contributed by atoms with Gasteiger partial charge in [-0.1, -0.05) is 0 Å². The number of hydrogen-bond donors (Lipinski definition) is 1. The highest BCUT2D eigenvalue weighted by molar-refractivity contribution is 5.92. The molecule has 0 aromatic heterocycles. The number of esters is 1. The normalized spacial score (nSPS) is 17.0. The third-order valence-corrected chi connectivity index (χ3v) is 3.38. The molecule has 0 saturated carbocycles. The fourth-order valence-electron chi connectivity index (χ4n) is 2.14. The van der Waals surface area contributed by atoms with Crippen LogP contribution >= 0.6 is 0 Å². The Bertz CT molecular complexity index is 494. The van der Waals surface area contributed by atoms with Crippen molar-refractivity contribution in [2.75, 3.05) is 25.6 Å². The van der Waals surface area contributed by atoms with E-state index in [9.17, 15) is 9.59 Å². The van der Waals surface area contributed by atoms with E-state index < -0.39 is 5.97 Å². The average Bonchev–Trinajstić information content (AvgIpc) is 3.05. The number of benzene rings is 1. The standard InChI is InChI=1S/C16H21NO5/c1-20-16(19)9-8-15(18)17-12-4-6-13(7-5-12)22-11-14-3-2-10-21-14/h4-7,14H,2-3,8-11H2,1H3,(H,17,18). The van der Waals surface area contributed by atoms with Crippen molar-refractivity contribution in [3.05, 3.63) is 24.3 Å². The Morgan fingerprint density at radius 3 is 2.68 bits per heavy atom. The molecule has 120 valence electrons. The van der Waals surface area contributed by atoms with Gasteiger partial charge in [-0.05, 0) is 37.1 Å². The van der Waals surface area contributed by atoms with E-state index in [1.165, 1.54) is 7.11 Å².